The number of rotatable bonds is 6. The van der Waals surface area contributed by atoms with Gasteiger partial charge in [0.05, 0.1) is 6.10 Å². The van der Waals surface area contributed by atoms with Gasteiger partial charge < -0.3 is 24.3 Å². The van der Waals surface area contributed by atoms with E-state index in [1.165, 1.54) is 0 Å². The number of hydrogen-bond acceptors (Lipinski definition) is 5. The topological polar surface area (TPSA) is 49.0 Å². The molecule has 5 heteroatoms. The maximum Gasteiger partial charge on any atom is 0.231 e. The molecule has 1 aromatic rings. The maximum atomic E-state index is 5.98. The van der Waals surface area contributed by atoms with Crippen LogP contribution in [0.25, 0.3) is 0 Å². The van der Waals surface area contributed by atoms with Crippen LogP contribution < -0.4 is 19.5 Å². The SMILES string of the molecule is CC(C)NCc1cc2c(cc1OCC1CCCO1)OCO2. The first-order valence-electron chi connectivity index (χ1n) is 7.62. The van der Waals surface area contributed by atoms with Crippen molar-refractivity contribution in [1.82, 2.24) is 5.32 Å². The Balaban J connectivity index is 1.72. The summed E-state index contributed by atoms with van der Waals surface area (Å²) >= 11 is 0. The molecule has 1 atom stereocenters. The highest BCUT2D eigenvalue weighted by Crippen LogP contribution is 2.38. The van der Waals surface area contributed by atoms with Crippen LogP contribution in [-0.4, -0.2) is 32.2 Å². The molecule has 1 N–H and O–H groups in total. The molecule has 2 heterocycles. The predicted octanol–water partition coefficient (Wildman–Crippen LogP) is 2.47. The molecule has 1 unspecified atom stereocenters. The van der Waals surface area contributed by atoms with Crippen molar-refractivity contribution < 1.29 is 18.9 Å². The van der Waals surface area contributed by atoms with Crippen LogP contribution >= 0.6 is 0 Å². The van der Waals surface area contributed by atoms with Gasteiger partial charge in [-0.1, -0.05) is 13.8 Å². The molecule has 2 aliphatic rings. The van der Waals surface area contributed by atoms with Gasteiger partial charge in [-0.05, 0) is 18.9 Å². The van der Waals surface area contributed by atoms with E-state index in [1.807, 2.05) is 12.1 Å². The van der Waals surface area contributed by atoms with E-state index in [0.717, 1.165) is 48.8 Å². The second kappa shape index (κ2) is 6.54. The number of hydrogen-bond donors (Lipinski definition) is 1. The number of benzene rings is 1. The van der Waals surface area contributed by atoms with Gasteiger partial charge in [0.15, 0.2) is 11.5 Å². The number of ether oxygens (including phenoxy) is 4. The Bertz CT molecular complexity index is 483. The zero-order valence-corrected chi connectivity index (χ0v) is 12.7. The van der Waals surface area contributed by atoms with Crippen molar-refractivity contribution in [3.05, 3.63) is 17.7 Å². The van der Waals surface area contributed by atoms with Gasteiger partial charge in [-0.15, -0.1) is 0 Å². The lowest BCUT2D eigenvalue weighted by Gasteiger charge is -2.16. The van der Waals surface area contributed by atoms with Crippen LogP contribution in [0.5, 0.6) is 17.2 Å². The average Bonchev–Trinajstić information content (AvgIpc) is 3.12. The smallest absolute Gasteiger partial charge is 0.231 e. The molecular formula is C16H23NO4. The van der Waals surface area contributed by atoms with Crippen molar-refractivity contribution in [3.8, 4) is 17.2 Å². The van der Waals surface area contributed by atoms with Crippen LogP contribution in [0.1, 0.15) is 32.3 Å². The fourth-order valence-corrected chi connectivity index (χ4v) is 2.51. The fourth-order valence-electron chi connectivity index (χ4n) is 2.51. The lowest BCUT2D eigenvalue weighted by Crippen LogP contribution is -2.23. The molecule has 5 nitrogen and oxygen atoms in total. The van der Waals surface area contributed by atoms with E-state index in [2.05, 4.69) is 19.2 Å². The summed E-state index contributed by atoms with van der Waals surface area (Å²) in [6.45, 7) is 6.71. The van der Waals surface area contributed by atoms with Crippen LogP contribution in [0.2, 0.25) is 0 Å². The molecule has 0 aliphatic carbocycles. The maximum absolute atomic E-state index is 5.98. The first kappa shape index (κ1) is 14.5. The Hall–Kier alpha value is -1.46. The first-order chi connectivity index (χ1) is 10.2. The van der Waals surface area contributed by atoms with Gasteiger partial charge in [0.2, 0.25) is 6.79 Å². The third-order valence-electron chi connectivity index (χ3n) is 3.71. The van der Waals surface area contributed by atoms with E-state index >= 15 is 0 Å². The third kappa shape index (κ3) is 3.60. The summed E-state index contributed by atoms with van der Waals surface area (Å²) < 4.78 is 22.5. The average molecular weight is 293 g/mol. The molecule has 2 aliphatic heterocycles. The second-order valence-corrected chi connectivity index (χ2v) is 5.79. The highest BCUT2D eigenvalue weighted by molar-refractivity contribution is 5.51. The minimum Gasteiger partial charge on any atom is -0.490 e. The van der Waals surface area contributed by atoms with Gasteiger partial charge >= 0.3 is 0 Å². The van der Waals surface area contributed by atoms with Gasteiger partial charge in [-0.25, -0.2) is 0 Å². The quantitative estimate of drug-likeness (QED) is 0.873. The minimum atomic E-state index is 0.210. The highest BCUT2D eigenvalue weighted by atomic mass is 16.7. The summed E-state index contributed by atoms with van der Waals surface area (Å²) in [6.07, 6.45) is 2.41. The van der Waals surface area contributed by atoms with Gasteiger partial charge in [0.25, 0.3) is 0 Å². The molecule has 1 fully saturated rings. The van der Waals surface area contributed by atoms with Crippen LogP contribution in [0.4, 0.5) is 0 Å². The Kier molecular flexibility index (Phi) is 4.51. The number of fused-ring (bicyclic) bond motifs is 1. The van der Waals surface area contributed by atoms with Crippen LogP contribution in [0.3, 0.4) is 0 Å². The van der Waals surface area contributed by atoms with Crippen molar-refractivity contribution in [1.29, 1.82) is 0 Å². The lowest BCUT2D eigenvalue weighted by atomic mass is 10.1. The summed E-state index contributed by atoms with van der Waals surface area (Å²) in [5, 5.41) is 3.41. The molecule has 1 saturated heterocycles. The third-order valence-corrected chi connectivity index (χ3v) is 3.71. The van der Waals surface area contributed by atoms with E-state index in [-0.39, 0.29) is 12.9 Å². The monoisotopic (exact) mass is 293 g/mol. The summed E-state index contributed by atoms with van der Waals surface area (Å²) in [4.78, 5) is 0. The van der Waals surface area contributed by atoms with Crippen molar-refractivity contribution in [3.63, 3.8) is 0 Å². The van der Waals surface area contributed by atoms with Crippen molar-refractivity contribution in [2.45, 2.75) is 45.4 Å². The Morgan fingerprint density at radius 3 is 2.81 bits per heavy atom. The minimum absolute atomic E-state index is 0.210. The fraction of sp³-hybridized carbons (Fsp3) is 0.625. The Morgan fingerprint density at radius 1 is 1.29 bits per heavy atom. The molecule has 0 radical (unpaired) electrons. The molecule has 21 heavy (non-hydrogen) atoms. The van der Waals surface area contributed by atoms with Gasteiger partial charge in [0.1, 0.15) is 12.4 Å². The first-order valence-corrected chi connectivity index (χ1v) is 7.62. The molecule has 0 aromatic heterocycles. The molecular weight excluding hydrogens is 270 g/mol. The van der Waals surface area contributed by atoms with Crippen molar-refractivity contribution in [2.24, 2.45) is 0 Å². The predicted molar refractivity (Wildman–Crippen MR) is 79.0 cm³/mol. The molecule has 0 saturated carbocycles. The molecule has 1 aromatic carbocycles. The van der Waals surface area contributed by atoms with E-state index in [9.17, 15) is 0 Å². The zero-order valence-electron chi connectivity index (χ0n) is 12.7. The van der Waals surface area contributed by atoms with Gasteiger partial charge in [-0.2, -0.15) is 0 Å². The highest BCUT2D eigenvalue weighted by Gasteiger charge is 2.20. The van der Waals surface area contributed by atoms with Crippen LogP contribution in [-0.2, 0) is 11.3 Å². The summed E-state index contributed by atoms with van der Waals surface area (Å²) in [5.41, 5.74) is 1.09. The molecule has 116 valence electrons. The number of nitrogens with one attached hydrogen (secondary N) is 1. The molecule has 3 rings (SSSR count). The summed E-state index contributed by atoms with van der Waals surface area (Å²) in [5.74, 6) is 2.40. The Morgan fingerprint density at radius 2 is 2.10 bits per heavy atom. The largest absolute Gasteiger partial charge is 0.490 e. The van der Waals surface area contributed by atoms with E-state index in [0.29, 0.717) is 12.6 Å². The van der Waals surface area contributed by atoms with Gasteiger partial charge in [-0.3, -0.25) is 0 Å². The van der Waals surface area contributed by atoms with E-state index in [4.69, 9.17) is 18.9 Å². The molecule has 0 spiro atoms. The molecule has 0 bridgehead atoms. The second-order valence-electron chi connectivity index (χ2n) is 5.79. The lowest BCUT2D eigenvalue weighted by molar-refractivity contribution is 0.0675. The van der Waals surface area contributed by atoms with Crippen LogP contribution in [0, 0.1) is 0 Å². The Labute approximate surface area is 125 Å². The van der Waals surface area contributed by atoms with E-state index in [1.54, 1.807) is 0 Å². The molecule has 0 amide bonds. The zero-order chi connectivity index (χ0) is 14.7. The normalized spacial score (nSPS) is 20.2. The summed E-state index contributed by atoms with van der Waals surface area (Å²) in [7, 11) is 0. The summed E-state index contributed by atoms with van der Waals surface area (Å²) in [6, 6.07) is 4.35. The standard InChI is InChI=1S/C16H23NO4/c1-11(2)17-8-12-6-15-16(21-10-20-15)7-14(12)19-9-13-4-3-5-18-13/h6-7,11,13,17H,3-5,8-10H2,1-2H3. The van der Waals surface area contributed by atoms with E-state index < -0.39 is 0 Å². The van der Waals surface area contributed by atoms with Crippen LogP contribution in [0.15, 0.2) is 12.1 Å². The van der Waals surface area contributed by atoms with Crippen molar-refractivity contribution in [2.75, 3.05) is 20.0 Å². The van der Waals surface area contributed by atoms with Crippen molar-refractivity contribution >= 4 is 0 Å². The van der Waals surface area contributed by atoms with Gasteiger partial charge in [0, 0.05) is 30.8 Å².